The highest BCUT2D eigenvalue weighted by molar-refractivity contribution is 5.89. The second-order valence-corrected chi connectivity index (χ2v) is 5.70. The molecule has 3 rings (SSSR count). The van der Waals surface area contributed by atoms with Crippen LogP contribution in [-0.4, -0.2) is 15.6 Å². The molecule has 0 bridgehead atoms. The zero-order valence-electron chi connectivity index (χ0n) is 13.7. The van der Waals surface area contributed by atoms with E-state index >= 15 is 0 Å². The summed E-state index contributed by atoms with van der Waals surface area (Å²) in [4.78, 5) is 16.8. The first kappa shape index (κ1) is 15.8. The summed E-state index contributed by atoms with van der Waals surface area (Å²) in [5.41, 5.74) is 2.88. The molecule has 0 radical (unpaired) electrons. The van der Waals surface area contributed by atoms with Gasteiger partial charge < -0.3 is 15.2 Å². The van der Waals surface area contributed by atoms with Gasteiger partial charge in [0.1, 0.15) is 11.9 Å². The number of urea groups is 1. The van der Waals surface area contributed by atoms with Gasteiger partial charge in [0.05, 0.1) is 0 Å². The summed E-state index contributed by atoms with van der Waals surface area (Å²) in [6.45, 7) is 2.01. The number of aromatic nitrogens is 2. The van der Waals surface area contributed by atoms with Crippen LogP contribution in [0.3, 0.4) is 0 Å². The minimum absolute atomic E-state index is 0.268. The topological polar surface area (TPSA) is 59.0 Å². The Kier molecular flexibility index (Phi) is 4.61. The number of hydrogen-bond acceptors (Lipinski definition) is 2. The van der Waals surface area contributed by atoms with Gasteiger partial charge in [-0.15, -0.1) is 0 Å². The molecular formula is C19H20N4O. The predicted octanol–water partition coefficient (Wildman–Crippen LogP) is 3.64. The lowest BCUT2D eigenvalue weighted by atomic mass is 10.1. The standard InChI is InChI=1S/C19H20N4O/c1-14-8-10-16(11-9-14)21-19(24)22-17(15-6-4-3-5-7-15)18-20-12-13-23(18)2/h3-13,17H,1-2H3,(H2,21,22,24)/t17-/m0/s1. The van der Waals surface area contributed by atoms with Crippen molar-refractivity contribution in [3.8, 4) is 0 Å². The van der Waals surface area contributed by atoms with Crippen molar-refractivity contribution >= 4 is 11.7 Å². The molecule has 0 aliphatic heterocycles. The van der Waals surface area contributed by atoms with E-state index < -0.39 is 0 Å². The maximum Gasteiger partial charge on any atom is 0.320 e. The zero-order valence-corrected chi connectivity index (χ0v) is 13.7. The van der Waals surface area contributed by atoms with Gasteiger partial charge in [-0.1, -0.05) is 48.0 Å². The summed E-state index contributed by atoms with van der Waals surface area (Å²) in [6.07, 6.45) is 3.59. The lowest BCUT2D eigenvalue weighted by molar-refractivity contribution is 0.249. The molecule has 2 amide bonds. The van der Waals surface area contributed by atoms with Gasteiger partial charge in [-0.2, -0.15) is 0 Å². The summed E-state index contributed by atoms with van der Waals surface area (Å²) in [5.74, 6) is 0.778. The number of hydrogen-bond donors (Lipinski definition) is 2. The van der Waals surface area contributed by atoms with E-state index in [0.29, 0.717) is 0 Å². The van der Waals surface area contributed by atoms with Crippen molar-refractivity contribution in [1.82, 2.24) is 14.9 Å². The molecule has 5 heteroatoms. The quantitative estimate of drug-likeness (QED) is 0.771. The van der Waals surface area contributed by atoms with Gasteiger partial charge in [0.2, 0.25) is 0 Å². The smallest absolute Gasteiger partial charge is 0.320 e. The van der Waals surface area contributed by atoms with E-state index in [1.165, 1.54) is 0 Å². The van der Waals surface area contributed by atoms with Gasteiger partial charge in [0.25, 0.3) is 0 Å². The largest absolute Gasteiger partial charge is 0.336 e. The Labute approximate surface area is 141 Å². The van der Waals surface area contributed by atoms with Crippen LogP contribution in [0.4, 0.5) is 10.5 Å². The van der Waals surface area contributed by atoms with Crippen LogP contribution in [0.25, 0.3) is 0 Å². The van der Waals surface area contributed by atoms with Crippen molar-refractivity contribution in [2.24, 2.45) is 7.05 Å². The molecule has 0 aliphatic rings. The Morgan fingerprint density at radius 3 is 2.42 bits per heavy atom. The SMILES string of the molecule is Cc1ccc(NC(=O)N[C@@H](c2ccccc2)c2nccn2C)cc1. The minimum Gasteiger partial charge on any atom is -0.336 e. The van der Waals surface area contributed by atoms with Crippen LogP contribution in [0.5, 0.6) is 0 Å². The van der Waals surface area contributed by atoms with Crippen LogP contribution in [0.15, 0.2) is 67.0 Å². The maximum atomic E-state index is 12.4. The summed E-state index contributed by atoms with van der Waals surface area (Å²) >= 11 is 0. The van der Waals surface area contributed by atoms with Crippen LogP contribution in [-0.2, 0) is 7.05 Å². The molecule has 0 saturated carbocycles. The van der Waals surface area contributed by atoms with Crippen molar-refractivity contribution in [2.75, 3.05) is 5.32 Å². The number of rotatable bonds is 4. The molecule has 0 spiro atoms. The summed E-state index contributed by atoms with van der Waals surface area (Å²) in [5, 5.41) is 5.87. The van der Waals surface area contributed by atoms with Gasteiger partial charge in [0, 0.05) is 25.1 Å². The molecular weight excluding hydrogens is 300 g/mol. The van der Waals surface area contributed by atoms with Crippen LogP contribution in [0, 0.1) is 6.92 Å². The highest BCUT2D eigenvalue weighted by Gasteiger charge is 2.20. The van der Waals surface area contributed by atoms with E-state index in [0.717, 1.165) is 22.6 Å². The second kappa shape index (κ2) is 7.00. The second-order valence-electron chi connectivity index (χ2n) is 5.70. The number of imidazole rings is 1. The van der Waals surface area contributed by atoms with Gasteiger partial charge in [-0.05, 0) is 24.6 Å². The van der Waals surface area contributed by atoms with Crippen molar-refractivity contribution in [3.63, 3.8) is 0 Å². The van der Waals surface area contributed by atoms with Crippen molar-refractivity contribution in [1.29, 1.82) is 0 Å². The van der Waals surface area contributed by atoms with E-state index in [2.05, 4.69) is 15.6 Å². The third-order valence-electron chi connectivity index (χ3n) is 3.83. The number of carbonyl (C=O) groups excluding carboxylic acids is 1. The van der Waals surface area contributed by atoms with Crippen molar-refractivity contribution in [3.05, 3.63) is 83.9 Å². The lowest BCUT2D eigenvalue weighted by Crippen LogP contribution is -2.34. The van der Waals surface area contributed by atoms with Crippen LogP contribution >= 0.6 is 0 Å². The van der Waals surface area contributed by atoms with E-state index in [9.17, 15) is 4.79 Å². The maximum absolute atomic E-state index is 12.4. The fraction of sp³-hybridized carbons (Fsp3) is 0.158. The molecule has 2 aromatic carbocycles. The molecule has 2 N–H and O–H groups in total. The van der Waals surface area contributed by atoms with Crippen molar-refractivity contribution < 1.29 is 4.79 Å². The Morgan fingerprint density at radius 1 is 1.08 bits per heavy atom. The molecule has 0 aliphatic carbocycles. The monoisotopic (exact) mass is 320 g/mol. The number of anilines is 1. The molecule has 122 valence electrons. The first-order valence-corrected chi connectivity index (χ1v) is 7.80. The van der Waals surface area contributed by atoms with E-state index in [4.69, 9.17) is 0 Å². The third-order valence-corrected chi connectivity index (χ3v) is 3.83. The Morgan fingerprint density at radius 2 is 1.79 bits per heavy atom. The van der Waals surface area contributed by atoms with Gasteiger partial charge in [-0.25, -0.2) is 9.78 Å². The average molecular weight is 320 g/mol. The number of nitrogens with one attached hydrogen (secondary N) is 2. The molecule has 3 aromatic rings. The fourth-order valence-corrected chi connectivity index (χ4v) is 2.53. The highest BCUT2D eigenvalue weighted by atomic mass is 16.2. The van der Waals surface area contributed by atoms with E-state index in [-0.39, 0.29) is 12.1 Å². The summed E-state index contributed by atoms with van der Waals surface area (Å²) in [7, 11) is 1.91. The normalized spacial score (nSPS) is 11.8. The Hall–Kier alpha value is -3.08. The number of amides is 2. The first-order valence-electron chi connectivity index (χ1n) is 7.80. The molecule has 1 atom stereocenters. The van der Waals surface area contributed by atoms with Gasteiger partial charge in [0.15, 0.2) is 0 Å². The molecule has 5 nitrogen and oxygen atoms in total. The fourth-order valence-electron chi connectivity index (χ4n) is 2.53. The van der Waals surface area contributed by atoms with Gasteiger partial charge in [-0.3, -0.25) is 0 Å². The molecule has 24 heavy (non-hydrogen) atoms. The molecule has 0 unspecified atom stereocenters. The lowest BCUT2D eigenvalue weighted by Gasteiger charge is -2.19. The van der Waals surface area contributed by atoms with Gasteiger partial charge >= 0.3 is 6.03 Å². The molecule has 0 fully saturated rings. The summed E-state index contributed by atoms with van der Waals surface area (Å²) < 4.78 is 1.91. The Balaban J connectivity index is 1.80. The van der Waals surface area contributed by atoms with Crippen LogP contribution in [0.2, 0.25) is 0 Å². The van der Waals surface area contributed by atoms with Crippen molar-refractivity contribution in [2.45, 2.75) is 13.0 Å². The Bertz CT molecular complexity index is 809. The van der Waals surface area contributed by atoms with Crippen LogP contribution in [0.1, 0.15) is 23.0 Å². The number of aryl methyl sites for hydroxylation is 2. The number of carbonyl (C=O) groups is 1. The number of nitrogens with zero attached hydrogens (tertiary/aromatic N) is 2. The molecule has 1 aromatic heterocycles. The average Bonchev–Trinajstić information content (AvgIpc) is 3.01. The number of benzene rings is 2. The van der Waals surface area contributed by atoms with E-state index in [1.54, 1.807) is 6.20 Å². The van der Waals surface area contributed by atoms with Crippen LogP contribution < -0.4 is 10.6 Å². The molecule has 1 heterocycles. The zero-order chi connectivity index (χ0) is 16.9. The van der Waals surface area contributed by atoms with E-state index in [1.807, 2.05) is 79.3 Å². The summed E-state index contributed by atoms with van der Waals surface area (Å²) in [6, 6.07) is 16.9. The first-order chi connectivity index (χ1) is 11.6. The predicted molar refractivity (Wildman–Crippen MR) is 94.8 cm³/mol. The molecule has 0 saturated heterocycles. The third kappa shape index (κ3) is 3.63. The minimum atomic E-state index is -0.323. The highest BCUT2D eigenvalue weighted by Crippen LogP contribution is 2.20.